The van der Waals surface area contributed by atoms with Gasteiger partial charge in [-0.15, -0.1) is 0 Å². The van der Waals surface area contributed by atoms with Crippen LogP contribution < -0.4 is 0 Å². The Balaban J connectivity index is 2.03. The van der Waals surface area contributed by atoms with Gasteiger partial charge in [0.15, 0.2) is 0 Å². The summed E-state index contributed by atoms with van der Waals surface area (Å²) in [4.78, 5) is 3.04. The predicted molar refractivity (Wildman–Crippen MR) is 101 cm³/mol. The maximum atomic E-state index is 13.6. The number of benzene rings is 2. The van der Waals surface area contributed by atoms with Crippen LogP contribution in [0.25, 0.3) is 0 Å². The highest BCUT2D eigenvalue weighted by Gasteiger charge is 2.17. The van der Waals surface area contributed by atoms with Crippen molar-refractivity contribution in [2.24, 2.45) is 4.40 Å². The Morgan fingerprint density at radius 1 is 1.19 bits per heavy atom. The van der Waals surface area contributed by atoms with Crippen molar-refractivity contribution >= 4 is 15.7 Å². The molecule has 2 aromatic carbocycles. The van der Waals surface area contributed by atoms with Crippen LogP contribution in [0.5, 0.6) is 0 Å². The third kappa shape index (κ3) is 4.30. The smallest absolute Gasteiger partial charge is 0.282 e. The van der Waals surface area contributed by atoms with Gasteiger partial charge in [0.25, 0.3) is 10.0 Å². The van der Waals surface area contributed by atoms with Crippen molar-refractivity contribution in [2.75, 3.05) is 0 Å². The first-order valence-electron chi connectivity index (χ1n) is 8.12. The van der Waals surface area contributed by atoms with Crippen molar-refractivity contribution in [3.8, 4) is 6.07 Å². The summed E-state index contributed by atoms with van der Waals surface area (Å²) in [6, 6.07) is 15.7. The van der Waals surface area contributed by atoms with Gasteiger partial charge in [-0.2, -0.15) is 18.1 Å². The van der Waals surface area contributed by atoms with Gasteiger partial charge >= 0.3 is 0 Å². The van der Waals surface area contributed by atoms with Crippen molar-refractivity contribution < 1.29 is 12.8 Å². The van der Waals surface area contributed by atoms with Crippen molar-refractivity contribution in [1.29, 1.82) is 5.26 Å². The average molecular weight is 381 g/mol. The van der Waals surface area contributed by atoms with Crippen LogP contribution in [-0.2, 0) is 16.4 Å². The molecule has 0 unspecified atom stereocenters. The standard InChI is InChI=1S/C20H16FN3O2S/c1-14-4-7-17(8-5-14)27(25,26)24-20(19-3-2-10-23-19)12-15-6-9-18(21)16(11-15)13-22/h2-11,23H,12H2,1H3. The van der Waals surface area contributed by atoms with Gasteiger partial charge in [-0.05, 0) is 48.9 Å². The lowest BCUT2D eigenvalue weighted by atomic mass is 10.0. The van der Waals surface area contributed by atoms with Gasteiger partial charge in [0, 0.05) is 12.6 Å². The summed E-state index contributed by atoms with van der Waals surface area (Å²) in [6.45, 7) is 1.87. The molecule has 0 atom stereocenters. The van der Waals surface area contributed by atoms with Crippen LogP contribution in [0, 0.1) is 24.1 Å². The molecule has 5 nitrogen and oxygen atoms in total. The second-order valence-electron chi connectivity index (χ2n) is 6.01. The summed E-state index contributed by atoms with van der Waals surface area (Å²) in [5.41, 5.74) is 2.24. The molecule has 0 bridgehead atoms. The average Bonchev–Trinajstić information content (AvgIpc) is 3.17. The van der Waals surface area contributed by atoms with Gasteiger partial charge in [0.05, 0.1) is 21.9 Å². The van der Waals surface area contributed by atoms with E-state index in [4.69, 9.17) is 5.26 Å². The molecular weight excluding hydrogens is 365 g/mol. The van der Waals surface area contributed by atoms with Gasteiger partial charge in [-0.3, -0.25) is 0 Å². The van der Waals surface area contributed by atoms with E-state index in [9.17, 15) is 12.8 Å². The second kappa shape index (κ2) is 7.56. The lowest BCUT2D eigenvalue weighted by Crippen LogP contribution is -2.10. The van der Waals surface area contributed by atoms with Crippen LogP contribution in [0.1, 0.15) is 22.4 Å². The number of nitriles is 1. The van der Waals surface area contributed by atoms with E-state index in [0.29, 0.717) is 11.3 Å². The maximum Gasteiger partial charge on any atom is 0.282 e. The molecule has 3 rings (SSSR count). The Morgan fingerprint density at radius 2 is 1.93 bits per heavy atom. The van der Waals surface area contributed by atoms with Crippen molar-refractivity contribution in [3.05, 3.63) is 89.0 Å². The molecule has 0 aliphatic carbocycles. The number of nitrogens with zero attached hydrogens (tertiary/aromatic N) is 2. The zero-order valence-electron chi connectivity index (χ0n) is 14.5. The van der Waals surface area contributed by atoms with Crippen LogP contribution >= 0.6 is 0 Å². The van der Waals surface area contributed by atoms with E-state index in [1.807, 2.05) is 6.92 Å². The fourth-order valence-electron chi connectivity index (χ4n) is 2.56. The van der Waals surface area contributed by atoms with E-state index in [0.717, 1.165) is 5.56 Å². The Hall–Kier alpha value is -3.24. The molecule has 1 heterocycles. The molecule has 0 fully saturated rings. The number of H-pyrrole nitrogens is 1. The Bertz CT molecular complexity index is 1130. The number of halogens is 1. The van der Waals surface area contributed by atoms with Crippen molar-refractivity contribution in [3.63, 3.8) is 0 Å². The van der Waals surface area contributed by atoms with Gasteiger partial charge < -0.3 is 4.98 Å². The van der Waals surface area contributed by atoms with Crippen LogP contribution in [-0.4, -0.2) is 19.1 Å². The topological polar surface area (TPSA) is 86.1 Å². The molecule has 0 saturated carbocycles. The van der Waals surface area contributed by atoms with E-state index in [1.165, 1.54) is 30.3 Å². The largest absolute Gasteiger partial charge is 0.360 e. The SMILES string of the molecule is Cc1ccc(S(=O)(=O)N=C(Cc2ccc(F)c(C#N)c2)c2ccc[nH]2)cc1. The molecule has 27 heavy (non-hydrogen) atoms. The number of nitrogens with one attached hydrogen (secondary N) is 1. The fourth-order valence-corrected chi connectivity index (χ4v) is 3.59. The van der Waals surface area contributed by atoms with E-state index < -0.39 is 15.8 Å². The van der Waals surface area contributed by atoms with Crippen LogP contribution in [0.2, 0.25) is 0 Å². The highest BCUT2D eigenvalue weighted by Crippen LogP contribution is 2.17. The first-order chi connectivity index (χ1) is 12.9. The Labute approximate surface area is 156 Å². The lowest BCUT2D eigenvalue weighted by molar-refractivity contribution is 0.598. The summed E-state index contributed by atoms with van der Waals surface area (Å²) in [5.74, 6) is -0.619. The quantitative estimate of drug-likeness (QED) is 0.683. The van der Waals surface area contributed by atoms with Gasteiger partial charge in [0.2, 0.25) is 0 Å². The van der Waals surface area contributed by atoms with Crippen molar-refractivity contribution in [2.45, 2.75) is 18.2 Å². The molecule has 0 amide bonds. The summed E-state index contributed by atoms with van der Waals surface area (Å²) >= 11 is 0. The Kier molecular flexibility index (Phi) is 5.19. The minimum Gasteiger partial charge on any atom is -0.360 e. The molecule has 0 aliphatic heterocycles. The number of hydrogen-bond donors (Lipinski definition) is 1. The van der Waals surface area contributed by atoms with E-state index >= 15 is 0 Å². The summed E-state index contributed by atoms with van der Waals surface area (Å²) < 4.78 is 43.0. The molecule has 1 N–H and O–H groups in total. The van der Waals surface area contributed by atoms with E-state index in [2.05, 4.69) is 9.38 Å². The molecule has 7 heteroatoms. The normalized spacial score (nSPS) is 12.0. The number of aromatic amines is 1. The summed E-state index contributed by atoms with van der Waals surface area (Å²) in [6.07, 6.45) is 1.79. The predicted octanol–water partition coefficient (Wildman–Crippen LogP) is 3.75. The Morgan fingerprint density at radius 3 is 2.56 bits per heavy atom. The summed E-state index contributed by atoms with van der Waals surface area (Å²) in [7, 11) is -3.92. The second-order valence-corrected chi connectivity index (χ2v) is 7.62. The molecule has 0 saturated heterocycles. The first-order valence-corrected chi connectivity index (χ1v) is 9.56. The third-order valence-electron chi connectivity index (χ3n) is 3.98. The zero-order chi connectivity index (χ0) is 19.4. The highest BCUT2D eigenvalue weighted by molar-refractivity contribution is 7.90. The monoisotopic (exact) mass is 381 g/mol. The fraction of sp³-hybridized carbons (Fsp3) is 0.100. The number of aryl methyl sites for hydroxylation is 1. The molecule has 3 aromatic rings. The molecule has 0 aliphatic rings. The van der Waals surface area contributed by atoms with Crippen LogP contribution in [0.4, 0.5) is 4.39 Å². The summed E-state index contributed by atoms with van der Waals surface area (Å²) in [5, 5.41) is 9.00. The third-order valence-corrected chi connectivity index (χ3v) is 5.31. The molecule has 0 spiro atoms. The number of hydrogen-bond acceptors (Lipinski definition) is 3. The number of sulfonamides is 1. The van der Waals surface area contributed by atoms with Gasteiger partial charge in [-0.1, -0.05) is 23.8 Å². The number of rotatable bonds is 5. The van der Waals surface area contributed by atoms with Gasteiger partial charge in [-0.25, -0.2) is 4.39 Å². The molecule has 0 radical (unpaired) electrons. The van der Waals surface area contributed by atoms with E-state index in [-0.39, 0.29) is 22.6 Å². The highest BCUT2D eigenvalue weighted by atomic mass is 32.2. The van der Waals surface area contributed by atoms with Crippen LogP contribution in [0.15, 0.2) is 70.1 Å². The maximum absolute atomic E-state index is 13.6. The minimum atomic E-state index is -3.92. The van der Waals surface area contributed by atoms with Crippen LogP contribution in [0.3, 0.4) is 0 Å². The molecular formula is C20H16FN3O2S. The minimum absolute atomic E-state index is 0.0916. The molecule has 1 aromatic heterocycles. The van der Waals surface area contributed by atoms with Crippen molar-refractivity contribution in [1.82, 2.24) is 4.98 Å². The first kappa shape index (κ1) is 18.5. The molecule has 136 valence electrons. The van der Waals surface area contributed by atoms with E-state index in [1.54, 1.807) is 36.5 Å². The number of aromatic nitrogens is 1. The van der Waals surface area contributed by atoms with Gasteiger partial charge in [0.1, 0.15) is 11.9 Å². The lowest BCUT2D eigenvalue weighted by Gasteiger charge is -2.07. The zero-order valence-corrected chi connectivity index (χ0v) is 15.3.